The molecule has 3 rings (SSSR count). The van der Waals surface area contributed by atoms with E-state index >= 15 is 0 Å². The molecular formula is C19H29ClN2O3. The van der Waals surface area contributed by atoms with Gasteiger partial charge in [0.15, 0.2) is 11.5 Å². The number of ether oxygens (including phenoxy) is 2. The first-order valence-corrected chi connectivity index (χ1v) is 9.53. The van der Waals surface area contributed by atoms with Gasteiger partial charge in [0.2, 0.25) is 0 Å². The van der Waals surface area contributed by atoms with Crippen molar-refractivity contribution in [1.82, 2.24) is 9.80 Å². The van der Waals surface area contributed by atoms with Crippen LogP contribution < -0.4 is 9.47 Å². The Morgan fingerprint density at radius 1 is 1.08 bits per heavy atom. The fraction of sp³-hybridized carbons (Fsp3) is 0.684. The van der Waals surface area contributed by atoms with Crippen LogP contribution in [0.25, 0.3) is 0 Å². The van der Waals surface area contributed by atoms with Crippen LogP contribution in [-0.2, 0) is 6.54 Å². The van der Waals surface area contributed by atoms with Gasteiger partial charge in [0.05, 0.1) is 20.3 Å². The van der Waals surface area contributed by atoms with Gasteiger partial charge in [-0.2, -0.15) is 0 Å². The molecule has 1 N–H and O–H groups in total. The number of halogens is 1. The minimum atomic E-state index is -0.141. The maximum Gasteiger partial charge on any atom is 0.162 e. The first kappa shape index (κ1) is 18.8. The lowest BCUT2D eigenvalue weighted by molar-refractivity contribution is 0.0243. The molecule has 1 atom stereocenters. The Balaban J connectivity index is 1.57. The van der Waals surface area contributed by atoms with Crippen LogP contribution >= 0.6 is 11.6 Å². The van der Waals surface area contributed by atoms with Crippen LogP contribution in [0.15, 0.2) is 12.1 Å². The normalized spacial score (nSPS) is 23.6. The highest BCUT2D eigenvalue weighted by molar-refractivity contribution is 6.31. The third-order valence-electron chi connectivity index (χ3n) is 5.45. The number of β-amino-alcohol motifs (C(OH)–C–C–N with tert-alkyl or cyclic N) is 1. The number of aliphatic hydroxyl groups excluding tert-OH is 1. The second kappa shape index (κ2) is 8.58. The van der Waals surface area contributed by atoms with E-state index in [2.05, 4.69) is 9.80 Å². The smallest absolute Gasteiger partial charge is 0.162 e. The summed E-state index contributed by atoms with van der Waals surface area (Å²) in [6.45, 7) is 4.91. The van der Waals surface area contributed by atoms with Crippen LogP contribution in [0, 0.1) is 0 Å². The molecule has 0 amide bonds. The average molecular weight is 369 g/mol. The molecule has 25 heavy (non-hydrogen) atoms. The van der Waals surface area contributed by atoms with Gasteiger partial charge in [-0.05, 0) is 56.9 Å². The molecule has 2 aliphatic heterocycles. The van der Waals surface area contributed by atoms with Crippen LogP contribution in [-0.4, -0.2) is 67.5 Å². The minimum absolute atomic E-state index is 0.141. The van der Waals surface area contributed by atoms with Crippen molar-refractivity contribution in [3.8, 4) is 11.5 Å². The van der Waals surface area contributed by atoms with Crippen molar-refractivity contribution in [2.24, 2.45) is 0 Å². The quantitative estimate of drug-likeness (QED) is 0.865. The zero-order valence-corrected chi connectivity index (χ0v) is 16.0. The molecular weight excluding hydrogens is 340 g/mol. The summed E-state index contributed by atoms with van der Waals surface area (Å²) in [6.07, 6.45) is 4.22. The number of nitrogens with zero attached hydrogens (tertiary/aromatic N) is 2. The van der Waals surface area contributed by atoms with Crippen molar-refractivity contribution < 1.29 is 14.6 Å². The average Bonchev–Trinajstić information content (AvgIpc) is 2.63. The van der Waals surface area contributed by atoms with E-state index in [4.69, 9.17) is 21.1 Å². The van der Waals surface area contributed by atoms with E-state index in [1.807, 2.05) is 12.1 Å². The van der Waals surface area contributed by atoms with E-state index in [1.54, 1.807) is 14.2 Å². The van der Waals surface area contributed by atoms with Gasteiger partial charge in [0, 0.05) is 30.2 Å². The number of hydrogen-bond acceptors (Lipinski definition) is 5. The maximum absolute atomic E-state index is 9.89. The van der Waals surface area contributed by atoms with Gasteiger partial charge in [0.25, 0.3) is 0 Å². The number of benzene rings is 1. The van der Waals surface area contributed by atoms with Crippen molar-refractivity contribution in [3.05, 3.63) is 22.7 Å². The molecule has 1 aromatic carbocycles. The van der Waals surface area contributed by atoms with E-state index in [1.165, 1.54) is 0 Å². The summed E-state index contributed by atoms with van der Waals surface area (Å²) in [5.41, 5.74) is 1.08. The van der Waals surface area contributed by atoms with Crippen molar-refractivity contribution in [2.75, 3.05) is 40.4 Å². The summed E-state index contributed by atoms with van der Waals surface area (Å²) < 4.78 is 10.7. The Kier molecular flexibility index (Phi) is 6.44. The molecule has 0 radical (unpaired) electrons. The molecule has 2 aliphatic rings. The molecule has 140 valence electrons. The number of rotatable bonds is 5. The maximum atomic E-state index is 9.89. The molecule has 2 fully saturated rings. The number of likely N-dealkylation sites (tertiary alicyclic amines) is 2. The zero-order valence-electron chi connectivity index (χ0n) is 15.2. The summed E-state index contributed by atoms with van der Waals surface area (Å²) in [4.78, 5) is 4.93. The largest absolute Gasteiger partial charge is 0.493 e. The first-order chi connectivity index (χ1) is 12.1. The summed E-state index contributed by atoms with van der Waals surface area (Å²) in [5.74, 6) is 1.39. The molecule has 6 heteroatoms. The number of aliphatic hydroxyl groups is 1. The van der Waals surface area contributed by atoms with Crippen LogP contribution in [0.4, 0.5) is 0 Å². The van der Waals surface area contributed by atoms with Gasteiger partial charge in [-0.1, -0.05) is 11.6 Å². The van der Waals surface area contributed by atoms with Gasteiger partial charge >= 0.3 is 0 Å². The van der Waals surface area contributed by atoms with Gasteiger partial charge < -0.3 is 14.6 Å². The Bertz CT molecular complexity index is 576. The highest BCUT2D eigenvalue weighted by Gasteiger charge is 2.28. The molecule has 0 aliphatic carbocycles. The Morgan fingerprint density at radius 3 is 2.40 bits per heavy atom. The second-order valence-electron chi connectivity index (χ2n) is 7.10. The van der Waals surface area contributed by atoms with Gasteiger partial charge in [-0.25, -0.2) is 0 Å². The predicted molar refractivity (Wildman–Crippen MR) is 99.7 cm³/mol. The minimum Gasteiger partial charge on any atom is -0.493 e. The van der Waals surface area contributed by atoms with Gasteiger partial charge in [-0.15, -0.1) is 0 Å². The van der Waals surface area contributed by atoms with Crippen molar-refractivity contribution in [3.63, 3.8) is 0 Å². The Labute approximate surface area is 155 Å². The van der Waals surface area contributed by atoms with Gasteiger partial charge in [-0.3, -0.25) is 9.80 Å². The fourth-order valence-electron chi connectivity index (χ4n) is 4.02. The third-order valence-corrected chi connectivity index (χ3v) is 5.80. The number of methoxy groups -OCH3 is 2. The molecule has 1 aromatic rings. The highest BCUT2D eigenvalue weighted by atomic mass is 35.5. The lowest BCUT2D eigenvalue weighted by atomic mass is 9.98. The van der Waals surface area contributed by atoms with Crippen LogP contribution in [0.5, 0.6) is 11.5 Å². The second-order valence-corrected chi connectivity index (χ2v) is 7.50. The predicted octanol–water partition coefficient (Wildman–Crippen LogP) is 2.78. The number of piperidine rings is 2. The lowest BCUT2D eigenvalue weighted by Crippen LogP contribution is -2.49. The standard InChI is InChI=1S/C19H29ClN2O3/c1-24-18-10-14(17(20)11-19(18)25-2)12-21-8-5-15(6-9-21)22-7-3-4-16(23)13-22/h10-11,15-16,23H,3-9,12-13H2,1-2H3/t16-/m0/s1. The molecule has 2 heterocycles. The van der Waals surface area contributed by atoms with E-state index in [9.17, 15) is 5.11 Å². The van der Waals surface area contributed by atoms with Crippen LogP contribution in [0.1, 0.15) is 31.2 Å². The van der Waals surface area contributed by atoms with Gasteiger partial charge in [0.1, 0.15) is 0 Å². The molecule has 0 bridgehead atoms. The van der Waals surface area contributed by atoms with Crippen LogP contribution in [0.3, 0.4) is 0 Å². The molecule has 0 spiro atoms. The zero-order chi connectivity index (χ0) is 17.8. The summed E-state index contributed by atoms with van der Waals surface area (Å²) >= 11 is 6.42. The van der Waals surface area contributed by atoms with E-state index in [0.29, 0.717) is 11.8 Å². The Morgan fingerprint density at radius 2 is 1.76 bits per heavy atom. The van der Waals surface area contributed by atoms with E-state index in [0.717, 1.165) is 74.7 Å². The van der Waals surface area contributed by atoms with Crippen molar-refractivity contribution in [1.29, 1.82) is 0 Å². The molecule has 0 unspecified atom stereocenters. The monoisotopic (exact) mass is 368 g/mol. The summed E-state index contributed by atoms with van der Waals surface area (Å²) in [7, 11) is 3.27. The fourth-order valence-corrected chi connectivity index (χ4v) is 4.23. The summed E-state index contributed by atoms with van der Waals surface area (Å²) in [5, 5.41) is 10.6. The van der Waals surface area contributed by atoms with Crippen molar-refractivity contribution in [2.45, 2.75) is 44.4 Å². The Hall–Kier alpha value is -1.01. The summed E-state index contributed by atoms with van der Waals surface area (Å²) in [6, 6.07) is 4.42. The lowest BCUT2D eigenvalue weighted by Gasteiger charge is -2.41. The third kappa shape index (κ3) is 4.59. The van der Waals surface area contributed by atoms with E-state index < -0.39 is 0 Å². The molecule has 5 nitrogen and oxygen atoms in total. The molecule has 2 saturated heterocycles. The number of hydrogen-bond donors (Lipinski definition) is 1. The topological polar surface area (TPSA) is 45.2 Å². The first-order valence-electron chi connectivity index (χ1n) is 9.15. The highest BCUT2D eigenvalue weighted by Crippen LogP contribution is 2.34. The van der Waals surface area contributed by atoms with Crippen LogP contribution in [0.2, 0.25) is 5.02 Å². The molecule has 0 saturated carbocycles. The van der Waals surface area contributed by atoms with E-state index in [-0.39, 0.29) is 6.10 Å². The SMILES string of the molecule is COc1cc(Cl)c(CN2CCC(N3CCC[C@H](O)C3)CC2)cc1OC. The molecule has 0 aromatic heterocycles. The van der Waals surface area contributed by atoms with Crippen molar-refractivity contribution >= 4 is 11.6 Å².